The van der Waals surface area contributed by atoms with Gasteiger partial charge in [0.15, 0.2) is 0 Å². The number of nitrogens with one attached hydrogen (secondary N) is 1. The van der Waals surface area contributed by atoms with Gasteiger partial charge in [-0.25, -0.2) is 13.1 Å². The Labute approximate surface area is 114 Å². The lowest BCUT2D eigenvalue weighted by Crippen LogP contribution is -2.37. The van der Waals surface area contributed by atoms with Crippen molar-refractivity contribution in [3.8, 4) is 0 Å². The van der Waals surface area contributed by atoms with Gasteiger partial charge in [-0.05, 0) is 56.0 Å². The molecule has 0 atom stereocenters. The summed E-state index contributed by atoms with van der Waals surface area (Å²) in [5.41, 5.74) is 1.14. The van der Waals surface area contributed by atoms with E-state index < -0.39 is 10.0 Å². The summed E-state index contributed by atoms with van der Waals surface area (Å²) >= 11 is 0. The molecule has 2 bridgehead atoms. The summed E-state index contributed by atoms with van der Waals surface area (Å²) < 4.78 is 27.4. The van der Waals surface area contributed by atoms with Gasteiger partial charge in [0.2, 0.25) is 10.0 Å². The molecule has 2 heterocycles. The van der Waals surface area contributed by atoms with Crippen molar-refractivity contribution in [2.75, 3.05) is 26.2 Å². The minimum absolute atomic E-state index is 0.177. The van der Waals surface area contributed by atoms with Gasteiger partial charge < -0.3 is 4.90 Å². The summed E-state index contributed by atoms with van der Waals surface area (Å²) in [4.78, 5) is 2.79. The summed E-state index contributed by atoms with van der Waals surface area (Å²) in [5.74, 6) is 0. The van der Waals surface area contributed by atoms with Crippen molar-refractivity contribution < 1.29 is 8.42 Å². The monoisotopic (exact) mass is 280 g/mol. The van der Waals surface area contributed by atoms with Crippen molar-refractivity contribution in [3.63, 3.8) is 0 Å². The first kappa shape index (κ1) is 13.1. The van der Waals surface area contributed by atoms with Crippen LogP contribution in [-0.2, 0) is 10.0 Å². The van der Waals surface area contributed by atoms with Crippen LogP contribution < -0.4 is 4.72 Å². The molecule has 19 heavy (non-hydrogen) atoms. The van der Waals surface area contributed by atoms with E-state index in [1.807, 2.05) is 13.0 Å². The Morgan fingerprint density at radius 2 is 2.05 bits per heavy atom. The second kappa shape index (κ2) is 4.58. The number of nitrogens with zero attached hydrogens (tertiary/aromatic N) is 1. The van der Waals surface area contributed by atoms with Crippen molar-refractivity contribution in [1.82, 2.24) is 9.62 Å². The van der Waals surface area contributed by atoms with E-state index in [0.29, 0.717) is 11.4 Å². The van der Waals surface area contributed by atoms with Crippen LogP contribution in [0.15, 0.2) is 29.2 Å². The molecule has 1 aromatic carbocycles. The maximum absolute atomic E-state index is 12.3. The molecule has 0 aliphatic carbocycles. The Kier molecular flexibility index (Phi) is 3.15. The fourth-order valence-corrected chi connectivity index (χ4v) is 4.43. The molecule has 1 aromatic rings. The molecule has 0 aromatic heterocycles. The summed E-state index contributed by atoms with van der Waals surface area (Å²) in [7, 11) is -3.37. The molecular formula is C14H20N2O2S. The zero-order chi connectivity index (χ0) is 13.5. The molecule has 2 fully saturated rings. The molecule has 104 valence electrons. The van der Waals surface area contributed by atoms with Gasteiger partial charge in [-0.15, -0.1) is 0 Å². The van der Waals surface area contributed by atoms with Crippen LogP contribution in [0, 0.1) is 12.3 Å². The van der Waals surface area contributed by atoms with E-state index in [1.54, 1.807) is 18.2 Å². The predicted octanol–water partition coefficient (Wildman–Crippen LogP) is 1.37. The quantitative estimate of drug-likeness (QED) is 0.906. The van der Waals surface area contributed by atoms with Gasteiger partial charge in [0, 0.05) is 13.1 Å². The van der Waals surface area contributed by atoms with Crippen LogP contribution in [-0.4, -0.2) is 39.5 Å². The Hall–Kier alpha value is -0.910. The van der Waals surface area contributed by atoms with Gasteiger partial charge in [0.1, 0.15) is 0 Å². The predicted molar refractivity (Wildman–Crippen MR) is 74.5 cm³/mol. The van der Waals surface area contributed by atoms with Crippen LogP contribution in [0.5, 0.6) is 0 Å². The third-order valence-electron chi connectivity index (χ3n) is 4.41. The van der Waals surface area contributed by atoms with Gasteiger partial charge in [0.25, 0.3) is 0 Å². The van der Waals surface area contributed by atoms with Crippen molar-refractivity contribution in [2.45, 2.75) is 24.7 Å². The first-order chi connectivity index (χ1) is 8.99. The molecule has 2 saturated heterocycles. The molecule has 3 rings (SSSR count). The fourth-order valence-electron chi connectivity index (χ4n) is 3.16. The van der Waals surface area contributed by atoms with Crippen LogP contribution in [0.4, 0.5) is 0 Å². The fraction of sp³-hybridized carbons (Fsp3) is 0.571. The number of hydrogen-bond donors (Lipinski definition) is 1. The standard InChI is InChI=1S/C14H20N2O2S/c1-12-3-2-4-13(9-12)19(17,18)15-10-14-5-7-16(11-14)8-6-14/h2-4,9,15H,5-8,10-11H2,1H3. The lowest BCUT2D eigenvalue weighted by atomic mass is 9.85. The Morgan fingerprint density at radius 1 is 1.32 bits per heavy atom. The molecular weight excluding hydrogens is 260 g/mol. The summed E-state index contributed by atoms with van der Waals surface area (Å²) in [6.45, 7) is 5.75. The highest BCUT2D eigenvalue weighted by Crippen LogP contribution is 2.39. The molecule has 2 aliphatic heterocycles. The Balaban J connectivity index is 1.72. The first-order valence-corrected chi connectivity index (χ1v) is 8.26. The minimum atomic E-state index is -3.37. The van der Waals surface area contributed by atoms with Gasteiger partial charge in [-0.1, -0.05) is 12.1 Å². The highest BCUT2D eigenvalue weighted by atomic mass is 32.2. The molecule has 2 aliphatic rings. The average Bonchev–Trinajstić information content (AvgIpc) is 2.98. The summed E-state index contributed by atoms with van der Waals surface area (Å²) in [6.07, 6.45) is 2.23. The lowest BCUT2D eigenvalue weighted by Gasteiger charge is -2.25. The maximum atomic E-state index is 12.3. The molecule has 0 radical (unpaired) electrons. The van der Waals surface area contributed by atoms with E-state index in [2.05, 4.69) is 9.62 Å². The highest BCUT2D eigenvalue weighted by molar-refractivity contribution is 7.89. The summed E-state index contributed by atoms with van der Waals surface area (Å²) in [6, 6.07) is 7.07. The number of aryl methyl sites for hydroxylation is 1. The zero-order valence-electron chi connectivity index (χ0n) is 11.2. The SMILES string of the molecule is Cc1cccc(S(=O)(=O)NCC23CCN(CC2)C3)c1. The number of fused-ring (bicyclic) bond motifs is 2. The van der Waals surface area contributed by atoms with Crippen molar-refractivity contribution >= 4 is 10.0 Å². The van der Waals surface area contributed by atoms with E-state index in [4.69, 9.17) is 0 Å². The van der Waals surface area contributed by atoms with E-state index in [0.717, 1.165) is 38.0 Å². The van der Waals surface area contributed by atoms with Crippen LogP contribution in [0.25, 0.3) is 0 Å². The number of rotatable bonds is 4. The van der Waals surface area contributed by atoms with Gasteiger partial charge in [-0.2, -0.15) is 0 Å². The Morgan fingerprint density at radius 3 is 2.63 bits per heavy atom. The largest absolute Gasteiger partial charge is 0.303 e. The van der Waals surface area contributed by atoms with Gasteiger partial charge >= 0.3 is 0 Å². The van der Waals surface area contributed by atoms with E-state index in [1.165, 1.54) is 0 Å². The van der Waals surface area contributed by atoms with Crippen molar-refractivity contribution in [2.24, 2.45) is 5.41 Å². The number of sulfonamides is 1. The molecule has 0 spiro atoms. The normalized spacial score (nSPS) is 29.8. The molecule has 0 amide bonds. The minimum Gasteiger partial charge on any atom is -0.303 e. The average molecular weight is 280 g/mol. The van der Waals surface area contributed by atoms with Crippen LogP contribution in [0.3, 0.4) is 0 Å². The number of piperidine rings is 1. The van der Waals surface area contributed by atoms with E-state index in [-0.39, 0.29) is 5.41 Å². The second-order valence-corrected chi connectivity index (χ2v) is 7.68. The van der Waals surface area contributed by atoms with Gasteiger partial charge in [0.05, 0.1) is 4.90 Å². The molecule has 4 nitrogen and oxygen atoms in total. The highest BCUT2D eigenvalue weighted by Gasteiger charge is 2.43. The summed E-state index contributed by atoms with van der Waals surface area (Å²) in [5, 5.41) is 0. The Bertz CT molecular complexity index is 575. The third-order valence-corrected chi connectivity index (χ3v) is 5.81. The molecule has 5 heteroatoms. The smallest absolute Gasteiger partial charge is 0.240 e. The topological polar surface area (TPSA) is 49.4 Å². The van der Waals surface area contributed by atoms with E-state index >= 15 is 0 Å². The molecule has 0 unspecified atom stereocenters. The van der Waals surface area contributed by atoms with Crippen LogP contribution in [0.1, 0.15) is 18.4 Å². The third kappa shape index (κ3) is 2.55. The van der Waals surface area contributed by atoms with E-state index in [9.17, 15) is 8.42 Å². The van der Waals surface area contributed by atoms with Gasteiger partial charge in [-0.3, -0.25) is 0 Å². The van der Waals surface area contributed by atoms with Crippen molar-refractivity contribution in [1.29, 1.82) is 0 Å². The number of hydrogen-bond acceptors (Lipinski definition) is 3. The molecule has 0 saturated carbocycles. The van der Waals surface area contributed by atoms with Crippen LogP contribution >= 0.6 is 0 Å². The first-order valence-electron chi connectivity index (χ1n) is 6.78. The maximum Gasteiger partial charge on any atom is 0.240 e. The zero-order valence-corrected chi connectivity index (χ0v) is 12.0. The lowest BCUT2D eigenvalue weighted by molar-refractivity contribution is 0.319. The number of benzene rings is 1. The van der Waals surface area contributed by atoms with Crippen LogP contribution in [0.2, 0.25) is 0 Å². The van der Waals surface area contributed by atoms with Crippen molar-refractivity contribution in [3.05, 3.63) is 29.8 Å². The molecule has 1 N–H and O–H groups in total. The second-order valence-electron chi connectivity index (χ2n) is 5.92.